The number of hydrogen-bond acceptors (Lipinski definition) is 4. The van der Waals surface area contributed by atoms with Crippen molar-refractivity contribution in [3.05, 3.63) is 46.0 Å². The zero-order valence-corrected chi connectivity index (χ0v) is 10.5. The Morgan fingerprint density at radius 2 is 2.26 bits per heavy atom. The van der Waals surface area contributed by atoms with Crippen LogP contribution in [0.2, 0.25) is 0 Å². The number of amides is 1. The molecule has 0 aliphatic heterocycles. The molecule has 0 atom stereocenters. The summed E-state index contributed by atoms with van der Waals surface area (Å²) >= 11 is 1.20. The Kier molecular flexibility index (Phi) is 4.23. The summed E-state index contributed by atoms with van der Waals surface area (Å²) in [5.41, 5.74) is 0. The number of carbonyl (C=O) groups excluding carboxylic acids is 1. The van der Waals surface area contributed by atoms with Crippen LogP contribution in [0.3, 0.4) is 0 Å². The number of carbonyl (C=O) groups is 1. The Bertz CT molecular complexity index is 641. The molecule has 4 nitrogen and oxygen atoms in total. The number of anilines is 1. The summed E-state index contributed by atoms with van der Waals surface area (Å²) in [6, 6.07) is 5.92. The highest BCUT2D eigenvalue weighted by molar-refractivity contribution is 7.14. The van der Waals surface area contributed by atoms with E-state index in [1.54, 1.807) is 12.1 Å². The van der Waals surface area contributed by atoms with E-state index in [9.17, 15) is 9.18 Å². The minimum Gasteiger partial charge on any atom is -0.384 e. The molecule has 0 aliphatic rings. The van der Waals surface area contributed by atoms with E-state index in [-0.39, 0.29) is 18.3 Å². The fourth-order valence-corrected chi connectivity index (χ4v) is 2.06. The third-order valence-corrected chi connectivity index (χ3v) is 3.09. The number of thiophene rings is 1. The predicted octanol–water partition coefficient (Wildman–Crippen LogP) is 1.88. The minimum atomic E-state index is -0.462. The molecule has 96 valence electrons. The number of aliphatic hydroxyl groups is 1. The van der Waals surface area contributed by atoms with E-state index in [0.29, 0.717) is 9.75 Å². The zero-order valence-electron chi connectivity index (χ0n) is 9.68. The molecule has 6 heteroatoms. The molecule has 2 aromatic rings. The molecular formula is C13H9FN2O2S. The molecular weight excluding hydrogens is 267 g/mol. The van der Waals surface area contributed by atoms with Gasteiger partial charge in [0.1, 0.15) is 18.2 Å². The lowest BCUT2D eigenvalue weighted by Gasteiger charge is -2.01. The highest BCUT2D eigenvalue weighted by Crippen LogP contribution is 2.17. The van der Waals surface area contributed by atoms with Crippen LogP contribution in [0.25, 0.3) is 0 Å². The van der Waals surface area contributed by atoms with E-state index in [1.165, 1.54) is 23.5 Å². The number of pyridine rings is 1. The fraction of sp³-hybridized carbons (Fsp3) is 0.0769. The molecule has 2 N–H and O–H groups in total. The van der Waals surface area contributed by atoms with Crippen LogP contribution in [0.15, 0.2) is 30.5 Å². The van der Waals surface area contributed by atoms with Crippen molar-refractivity contribution >= 4 is 23.1 Å². The molecule has 0 saturated carbocycles. The van der Waals surface area contributed by atoms with Gasteiger partial charge in [0.2, 0.25) is 0 Å². The lowest BCUT2D eigenvalue weighted by atomic mass is 10.4. The minimum absolute atomic E-state index is 0.223. The van der Waals surface area contributed by atoms with Gasteiger partial charge in [0, 0.05) is 0 Å². The quantitative estimate of drug-likeness (QED) is 0.823. The van der Waals surface area contributed by atoms with Crippen molar-refractivity contribution in [2.45, 2.75) is 0 Å². The molecule has 0 radical (unpaired) electrons. The van der Waals surface area contributed by atoms with Crippen molar-refractivity contribution in [3.8, 4) is 11.8 Å². The van der Waals surface area contributed by atoms with Crippen molar-refractivity contribution in [3.63, 3.8) is 0 Å². The molecule has 0 fully saturated rings. The van der Waals surface area contributed by atoms with Gasteiger partial charge < -0.3 is 10.4 Å². The van der Waals surface area contributed by atoms with Crippen molar-refractivity contribution < 1.29 is 14.3 Å². The van der Waals surface area contributed by atoms with Gasteiger partial charge in [-0.3, -0.25) is 4.79 Å². The SMILES string of the molecule is O=C(Nc1ccc(F)cn1)c1ccc(C#CCO)s1. The molecule has 0 bridgehead atoms. The van der Waals surface area contributed by atoms with Gasteiger partial charge >= 0.3 is 0 Å². The molecule has 0 aliphatic carbocycles. The van der Waals surface area contributed by atoms with Gasteiger partial charge in [-0.05, 0) is 24.3 Å². The van der Waals surface area contributed by atoms with Crippen molar-refractivity contribution in [1.29, 1.82) is 0 Å². The lowest BCUT2D eigenvalue weighted by Crippen LogP contribution is -2.11. The summed E-state index contributed by atoms with van der Waals surface area (Å²) in [5.74, 6) is 4.70. The normalized spacial score (nSPS) is 9.58. The highest BCUT2D eigenvalue weighted by atomic mass is 32.1. The Labute approximate surface area is 112 Å². The van der Waals surface area contributed by atoms with Crippen LogP contribution in [0.5, 0.6) is 0 Å². The maximum absolute atomic E-state index is 12.7. The second-order valence-electron chi connectivity index (χ2n) is 3.44. The number of nitrogens with zero attached hydrogens (tertiary/aromatic N) is 1. The number of hydrogen-bond donors (Lipinski definition) is 2. The van der Waals surface area contributed by atoms with E-state index in [0.717, 1.165) is 6.20 Å². The lowest BCUT2D eigenvalue weighted by molar-refractivity contribution is 0.103. The summed E-state index contributed by atoms with van der Waals surface area (Å²) < 4.78 is 12.7. The molecule has 0 saturated heterocycles. The standard InChI is InChI=1S/C13H9FN2O2S/c14-9-3-6-12(15-8-9)16-13(18)11-5-4-10(19-11)2-1-7-17/h3-6,8,17H,7H2,(H,15,16,18). The molecule has 2 rings (SSSR count). The first-order valence-corrected chi connectivity index (χ1v) is 6.13. The molecule has 0 spiro atoms. The third kappa shape index (κ3) is 3.61. The van der Waals surface area contributed by atoms with Gasteiger partial charge in [0.15, 0.2) is 0 Å². The first kappa shape index (κ1) is 13.2. The van der Waals surface area contributed by atoms with Gasteiger partial charge in [-0.1, -0.05) is 11.8 Å². The largest absolute Gasteiger partial charge is 0.384 e. The van der Waals surface area contributed by atoms with Crippen LogP contribution in [0.4, 0.5) is 10.2 Å². The Morgan fingerprint density at radius 1 is 1.42 bits per heavy atom. The monoisotopic (exact) mass is 276 g/mol. The van der Waals surface area contributed by atoms with E-state index in [2.05, 4.69) is 22.1 Å². The van der Waals surface area contributed by atoms with E-state index in [4.69, 9.17) is 5.11 Å². The molecule has 2 heterocycles. The first-order chi connectivity index (χ1) is 9.19. The van der Waals surface area contributed by atoms with Gasteiger partial charge in [0.05, 0.1) is 16.0 Å². The average Bonchev–Trinajstić information content (AvgIpc) is 2.88. The van der Waals surface area contributed by atoms with E-state index in [1.807, 2.05) is 0 Å². The third-order valence-electron chi connectivity index (χ3n) is 2.09. The smallest absolute Gasteiger partial charge is 0.266 e. The number of halogens is 1. The van der Waals surface area contributed by atoms with E-state index >= 15 is 0 Å². The molecule has 0 unspecified atom stereocenters. The van der Waals surface area contributed by atoms with Crippen LogP contribution in [0.1, 0.15) is 14.5 Å². The highest BCUT2D eigenvalue weighted by Gasteiger charge is 2.09. The second-order valence-corrected chi connectivity index (χ2v) is 4.52. The topological polar surface area (TPSA) is 62.2 Å². The molecule has 1 amide bonds. The fourth-order valence-electron chi connectivity index (χ4n) is 1.28. The number of rotatable bonds is 2. The first-order valence-electron chi connectivity index (χ1n) is 5.31. The van der Waals surface area contributed by atoms with Crippen molar-refractivity contribution in [2.75, 3.05) is 11.9 Å². The number of nitrogens with one attached hydrogen (secondary N) is 1. The van der Waals surface area contributed by atoms with Crippen LogP contribution in [-0.2, 0) is 0 Å². The van der Waals surface area contributed by atoms with Gasteiger partial charge in [-0.25, -0.2) is 9.37 Å². The average molecular weight is 276 g/mol. The van der Waals surface area contributed by atoms with Crippen LogP contribution < -0.4 is 5.32 Å². The Morgan fingerprint density at radius 3 is 2.95 bits per heavy atom. The van der Waals surface area contributed by atoms with Crippen LogP contribution in [-0.4, -0.2) is 22.6 Å². The van der Waals surface area contributed by atoms with E-state index < -0.39 is 5.82 Å². The summed E-state index contributed by atoms with van der Waals surface area (Å²) in [6.45, 7) is -0.223. The Balaban J connectivity index is 2.07. The summed E-state index contributed by atoms with van der Waals surface area (Å²) in [4.78, 5) is 16.7. The van der Waals surface area contributed by atoms with Gasteiger partial charge in [-0.15, -0.1) is 11.3 Å². The second kappa shape index (κ2) is 6.09. The molecule has 19 heavy (non-hydrogen) atoms. The van der Waals surface area contributed by atoms with Crippen molar-refractivity contribution in [2.24, 2.45) is 0 Å². The van der Waals surface area contributed by atoms with Gasteiger partial charge in [-0.2, -0.15) is 0 Å². The number of aromatic nitrogens is 1. The maximum atomic E-state index is 12.7. The summed E-state index contributed by atoms with van der Waals surface area (Å²) in [7, 11) is 0. The van der Waals surface area contributed by atoms with Crippen LogP contribution in [0, 0.1) is 17.7 Å². The number of aliphatic hydroxyl groups excluding tert-OH is 1. The molecule has 2 aromatic heterocycles. The summed E-state index contributed by atoms with van der Waals surface area (Å²) in [6.07, 6.45) is 1.03. The summed E-state index contributed by atoms with van der Waals surface area (Å²) in [5, 5.41) is 11.1. The Hall–Kier alpha value is -2.23. The van der Waals surface area contributed by atoms with Gasteiger partial charge in [0.25, 0.3) is 5.91 Å². The van der Waals surface area contributed by atoms with Crippen LogP contribution >= 0.6 is 11.3 Å². The van der Waals surface area contributed by atoms with Crippen molar-refractivity contribution in [1.82, 2.24) is 4.98 Å². The maximum Gasteiger partial charge on any atom is 0.266 e. The zero-order chi connectivity index (χ0) is 13.7. The predicted molar refractivity (Wildman–Crippen MR) is 70.4 cm³/mol. The molecule has 0 aromatic carbocycles.